The highest BCUT2D eigenvalue weighted by Gasteiger charge is 2.28. The molecule has 1 aliphatic rings. The van der Waals surface area contributed by atoms with Crippen LogP contribution >= 0.6 is 0 Å². The van der Waals surface area contributed by atoms with Crippen LogP contribution in [0.3, 0.4) is 0 Å². The largest absolute Gasteiger partial charge is 0.455 e. The number of anilines is 1. The zero-order valence-electron chi connectivity index (χ0n) is 17.5. The first kappa shape index (κ1) is 21.2. The van der Waals surface area contributed by atoms with Gasteiger partial charge in [-0.1, -0.05) is 36.4 Å². The lowest BCUT2D eigenvalue weighted by Crippen LogP contribution is -2.45. The Morgan fingerprint density at radius 3 is 2.23 bits per heavy atom. The monoisotopic (exact) mass is 438 g/mol. The van der Waals surface area contributed by atoms with Gasteiger partial charge in [0.15, 0.2) is 15.6 Å². The van der Waals surface area contributed by atoms with Gasteiger partial charge >= 0.3 is 0 Å². The number of hydrogen-bond donors (Lipinski definition) is 0. The fraction of sp³-hybridized carbons (Fsp3) is 0.292. The van der Waals surface area contributed by atoms with Crippen molar-refractivity contribution in [2.45, 2.75) is 29.5 Å². The first-order chi connectivity index (χ1) is 14.9. The summed E-state index contributed by atoms with van der Waals surface area (Å²) in [6.45, 7) is 1.28. The number of amides is 1. The fourth-order valence-corrected chi connectivity index (χ4v) is 5.22. The van der Waals surface area contributed by atoms with E-state index in [9.17, 15) is 13.2 Å². The zero-order chi connectivity index (χ0) is 21.8. The average Bonchev–Trinajstić information content (AvgIpc) is 3.27. The lowest BCUT2D eigenvalue weighted by molar-refractivity contribution is 0.0679. The minimum absolute atomic E-state index is 0.188. The van der Waals surface area contributed by atoms with Crippen LogP contribution in [0.5, 0.6) is 0 Å². The molecule has 0 spiro atoms. The third-order valence-corrected chi connectivity index (χ3v) is 7.42. The second-order valence-corrected chi connectivity index (χ2v) is 9.80. The maximum Gasteiger partial charge on any atom is 0.289 e. The van der Waals surface area contributed by atoms with E-state index in [4.69, 9.17) is 4.42 Å². The molecule has 0 bridgehead atoms. The van der Waals surface area contributed by atoms with Crippen molar-refractivity contribution in [3.05, 3.63) is 84.3 Å². The number of piperidine rings is 1. The summed E-state index contributed by atoms with van der Waals surface area (Å²) in [7, 11) is -1.43. The minimum Gasteiger partial charge on any atom is -0.455 e. The quantitative estimate of drug-likeness (QED) is 0.582. The van der Waals surface area contributed by atoms with Gasteiger partial charge in [-0.25, -0.2) is 8.42 Å². The van der Waals surface area contributed by atoms with E-state index < -0.39 is 9.84 Å². The Kier molecular flexibility index (Phi) is 6.13. The van der Waals surface area contributed by atoms with Crippen LogP contribution in [0.15, 0.2) is 82.1 Å². The van der Waals surface area contributed by atoms with Crippen molar-refractivity contribution in [3.8, 4) is 0 Å². The molecule has 6 nitrogen and oxygen atoms in total. The van der Waals surface area contributed by atoms with Crippen LogP contribution in [-0.2, 0) is 15.6 Å². The van der Waals surface area contributed by atoms with Crippen LogP contribution in [0.4, 0.5) is 5.69 Å². The van der Waals surface area contributed by atoms with Crippen molar-refractivity contribution < 1.29 is 17.6 Å². The lowest BCUT2D eigenvalue weighted by atomic mass is 10.0. The fourth-order valence-electron chi connectivity index (χ4n) is 3.95. The number of likely N-dealkylation sites (tertiary alicyclic amines) is 1. The molecular weight excluding hydrogens is 412 g/mol. The van der Waals surface area contributed by atoms with Crippen molar-refractivity contribution in [3.63, 3.8) is 0 Å². The third-order valence-electron chi connectivity index (χ3n) is 5.77. The average molecular weight is 439 g/mol. The van der Waals surface area contributed by atoms with Gasteiger partial charge in [0.1, 0.15) is 11.5 Å². The molecule has 0 radical (unpaired) electrons. The molecule has 1 aliphatic heterocycles. The predicted octanol–water partition coefficient (Wildman–Crippen LogP) is 3.99. The smallest absolute Gasteiger partial charge is 0.289 e. The molecule has 7 heteroatoms. The Bertz CT molecular complexity index is 1120. The molecular formula is C24H26N2O4S. The number of carbonyl (C=O) groups is 1. The minimum atomic E-state index is -3.52. The first-order valence-corrected chi connectivity index (χ1v) is 12.0. The molecule has 0 unspecified atom stereocenters. The van der Waals surface area contributed by atoms with Gasteiger partial charge in [-0.3, -0.25) is 4.79 Å². The highest BCUT2D eigenvalue weighted by Crippen LogP contribution is 2.24. The van der Waals surface area contributed by atoms with Crippen LogP contribution in [0.2, 0.25) is 0 Å². The SMILES string of the molecule is CN(c1ccccc1)C1CCN(C(=O)c2ccc(CS(=O)(=O)c3ccccc3)o2)CC1. The number of carbonyl (C=O) groups excluding carboxylic acids is 1. The molecule has 2 heterocycles. The van der Waals surface area contributed by atoms with Gasteiger partial charge in [0.2, 0.25) is 0 Å². The molecule has 1 aromatic heterocycles. The number of furan rings is 1. The van der Waals surface area contributed by atoms with Crippen LogP contribution in [0, 0.1) is 0 Å². The van der Waals surface area contributed by atoms with Crippen molar-refractivity contribution in [1.82, 2.24) is 4.90 Å². The summed E-state index contributed by atoms with van der Waals surface area (Å²) in [5, 5.41) is 0. The van der Waals surface area contributed by atoms with E-state index in [-0.39, 0.29) is 28.1 Å². The summed E-state index contributed by atoms with van der Waals surface area (Å²) >= 11 is 0. The van der Waals surface area contributed by atoms with E-state index in [1.807, 2.05) is 18.2 Å². The highest BCUT2D eigenvalue weighted by molar-refractivity contribution is 7.90. The van der Waals surface area contributed by atoms with Gasteiger partial charge in [0.25, 0.3) is 5.91 Å². The summed E-state index contributed by atoms with van der Waals surface area (Å²) < 4.78 is 30.7. The molecule has 0 saturated carbocycles. The normalized spacial score (nSPS) is 15.1. The number of rotatable bonds is 6. The zero-order valence-corrected chi connectivity index (χ0v) is 18.3. The van der Waals surface area contributed by atoms with E-state index in [0.717, 1.165) is 12.8 Å². The Balaban J connectivity index is 1.36. The second kappa shape index (κ2) is 8.98. The number of nitrogens with zero attached hydrogens (tertiary/aromatic N) is 2. The Morgan fingerprint density at radius 2 is 1.58 bits per heavy atom. The van der Waals surface area contributed by atoms with Gasteiger partial charge in [-0.2, -0.15) is 0 Å². The second-order valence-electron chi connectivity index (χ2n) is 7.81. The van der Waals surface area contributed by atoms with E-state index >= 15 is 0 Å². The molecule has 0 N–H and O–H groups in total. The molecule has 31 heavy (non-hydrogen) atoms. The first-order valence-electron chi connectivity index (χ1n) is 10.4. The lowest BCUT2D eigenvalue weighted by Gasteiger charge is -2.37. The number of hydrogen-bond acceptors (Lipinski definition) is 5. The van der Waals surface area contributed by atoms with E-state index in [2.05, 4.69) is 24.1 Å². The molecule has 0 aliphatic carbocycles. The molecule has 0 atom stereocenters. The maximum atomic E-state index is 12.9. The summed E-state index contributed by atoms with van der Waals surface area (Å²) in [4.78, 5) is 17.2. The highest BCUT2D eigenvalue weighted by atomic mass is 32.2. The van der Waals surface area contributed by atoms with Crippen LogP contribution in [0.25, 0.3) is 0 Å². The standard InChI is InChI=1S/C24H26N2O4S/c1-25(19-8-4-2-5-9-19)20-14-16-26(17-15-20)24(27)23-13-12-21(30-23)18-31(28,29)22-10-6-3-7-11-22/h2-13,20H,14-18H2,1H3. The number of benzene rings is 2. The van der Waals surface area contributed by atoms with E-state index in [1.165, 1.54) is 5.69 Å². The van der Waals surface area contributed by atoms with Crippen molar-refractivity contribution in [2.75, 3.05) is 25.0 Å². The van der Waals surface area contributed by atoms with Crippen LogP contribution in [0.1, 0.15) is 29.2 Å². The Labute approximate surface area is 183 Å². The molecule has 2 aromatic carbocycles. The van der Waals surface area contributed by atoms with Gasteiger partial charge < -0.3 is 14.2 Å². The van der Waals surface area contributed by atoms with Crippen molar-refractivity contribution >= 4 is 21.4 Å². The van der Waals surface area contributed by atoms with Crippen molar-refractivity contribution in [1.29, 1.82) is 0 Å². The van der Waals surface area contributed by atoms with Gasteiger partial charge in [0.05, 0.1) is 4.90 Å². The Hall–Kier alpha value is -3.06. The summed E-state index contributed by atoms with van der Waals surface area (Å²) in [5.41, 5.74) is 1.17. The summed E-state index contributed by atoms with van der Waals surface area (Å²) in [6.07, 6.45) is 1.74. The summed E-state index contributed by atoms with van der Waals surface area (Å²) in [5.74, 6) is -0.00275. The maximum absolute atomic E-state index is 12.9. The van der Waals surface area contributed by atoms with Crippen molar-refractivity contribution in [2.24, 2.45) is 0 Å². The molecule has 162 valence electrons. The van der Waals surface area contributed by atoms with Gasteiger partial charge in [0, 0.05) is 31.9 Å². The molecule has 1 saturated heterocycles. The van der Waals surface area contributed by atoms with Gasteiger partial charge in [-0.05, 0) is 49.2 Å². The van der Waals surface area contributed by atoms with E-state index in [0.29, 0.717) is 19.1 Å². The molecule has 1 fully saturated rings. The number of sulfone groups is 1. The summed E-state index contributed by atoms with van der Waals surface area (Å²) in [6, 6.07) is 22.0. The number of para-hydroxylation sites is 1. The predicted molar refractivity (Wildman–Crippen MR) is 120 cm³/mol. The van der Waals surface area contributed by atoms with Crippen LogP contribution < -0.4 is 4.90 Å². The van der Waals surface area contributed by atoms with Crippen LogP contribution in [-0.4, -0.2) is 45.4 Å². The van der Waals surface area contributed by atoms with Gasteiger partial charge in [-0.15, -0.1) is 0 Å². The molecule has 4 rings (SSSR count). The Morgan fingerprint density at radius 1 is 0.968 bits per heavy atom. The van der Waals surface area contributed by atoms with E-state index in [1.54, 1.807) is 47.4 Å². The topological polar surface area (TPSA) is 70.8 Å². The molecule has 1 amide bonds. The molecule has 3 aromatic rings. The third kappa shape index (κ3) is 4.82.